The highest BCUT2D eigenvalue weighted by atomic mass is 16.6. The number of nitrogens with zero attached hydrogens (tertiary/aromatic N) is 5. The van der Waals surface area contributed by atoms with E-state index in [1.54, 1.807) is 11.6 Å². The van der Waals surface area contributed by atoms with Crippen molar-refractivity contribution in [1.29, 1.82) is 0 Å². The van der Waals surface area contributed by atoms with Crippen LogP contribution < -0.4 is 5.32 Å². The van der Waals surface area contributed by atoms with Crippen LogP contribution in [0.1, 0.15) is 18.1 Å². The number of imidazole rings is 1. The van der Waals surface area contributed by atoms with E-state index >= 15 is 0 Å². The molecule has 8 nitrogen and oxygen atoms in total. The van der Waals surface area contributed by atoms with Crippen LogP contribution in [0.5, 0.6) is 0 Å². The van der Waals surface area contributed by atoms with Crippen LogP contribution in [0.25, 0.3) is 0 Å². The molecule has 3 rings (SSSR count). The Morgan fingerprint density at radius 3 is 2.46 bits per heavy atom. The van der Waals surface area contributed by atoms with Crippen molar-refractivity contribution in [3.8, 4) is 0 Å². The number of nitrogens with one attached hydrogen (secondary N) is 1. The van der Waals surface area contributed by atoms with Crippen molar-refractivity contribution in [2.24, 2.45) is 7.05 Å². The van der Waals surface area contributed by atoms with Crippen LogP contribution in [0.15, 0.2) is 30.6 Å². The fourth-order valence-electron chi connectivity index (χ4n) is 3.32. The number of rotatable bonds is 7. The predicted octanol–water partition coefficient (Wildman–Crippen LogP) is 2.08. The SMILES string of the molecule is CCN1CCN(Cc2ccccc2CNc2c([N+](=O)[O-])ncn2C)CC1. The highest BCUT2D eigenvalue weighted by molar-refractivity contribution is 5.52. The number of aryl methyl sites for hydroxylation is 1. The van der Waals surface area contributed by atoms with E-state index in [0.29, 0.717) is 12.4 Å². The largest absolute Gasteiger partial charge is 0.406 e. The first kappa shape index (κ1) is 18.3. The Balaban J connectivity index is 1.66. The van der Waals surface area contributed by atoms with Crippen molar-refractivity contribution >= 4 is 11.6 Å². The summed E-state index contributed by atoms with van der Waals surface area (Å²) in [5.41, 5.74) is 2.41. The molecule has 0 aliphatic carbocycles. The molecule has 0 amide bonds. The molecule has 1 aliphatic heterocycles. The standard InChI is InChI=1S/C18H26N6O2/c1-3-22-8-10-23(11-9-22)13-16-7-5-4-6-15(16)12-19-17-18(24(25)26)20-14-21(17)2/h4-7,14,19H,3,8-13H2,1-2H3. The molecule has 8 heteroatoms. The summed E-state index contributed by atoms with van der Waals surface area (Å²) < 4.78 is 1.64. The molecule has 1 aliphatic rings. The smallest absolute Gasteiger partial charge is 0.360 e. The van der Waals surface area contributed by atoms with Gasteiger partial charge in [-0.15, -0.1) is 0 Å². The highest BCUT2D eigenvalue weighted by Crippen LogP contribution is 2.22. The molecule has 2 heterocycles. The Morgan fingerprint density at radius 1 is 1.15 bits per heavy atom. The van der Waals surface area contributed by atoms with Crippen LogP contribution in [0.2, 0.25) is 0 Å². The summed E-state index contributed by atoms with van der Waals surface area (Å²) in [6.45, 7) is 9.11. The van der Waals surface area contributed by atoms with Gasteiger partial charge in [-0.25, -0.2) is 0 Å². The van der Waals surface area contributed by atoms with Crippen molar-refractivity contribution in [3.63, 3.8) is 0 Å². The average molecular weight is 358 g/mol. The predicted molar refractivity (Wildman–Crippen MR) is 101 cm³/mol. The van der Waals surface area contributed by atoms with Crippen LogP contribution in [0.4, 0.5) is 11.6 Å². The maximum absolute atomic E-state index is 11.1. The number of benzene rings is 1. The van der Waals surface area contributed by atoms with E-state index in [1.165, 1.54) is 11.9 Å². The fourth-order valence-corrected chi connectivity index (χ4v) is 3.32. The van der Waals surface area contributed by atoms with Gasteiger partial charge in [0.25, 0.3) is 0 Å². The van der Waals surface area contributed by atoms with E-state index in [0.717, 1.165) is 44.8 Å². The molecule has 1 aromatic carbocycles. The third-order valence-electron chi connectivity index (χ3n) is 4.96. The van der Waals surface area contributed by atoms with Gasteiger partial charge in [0.15, 0.2) is 0 Å². The summed E-state index contributed by atoms with van der Waals surface area (Å²) in [7, 11) is 1.75. The zero-order chi connectivity index (χ0) is 18.5. The maximum atomic E-state index is 11.1. The number of anilines is 1. The van der Waals surface area contributed by atoms with Crippen molar-refractivity contribution in [2.45, 2.75) is 20.0 Å². The monoisotopic (exact) mass is 358 g/mol. The van der Waals surface area contributed by atoms with Crippen molar-refractivity contribution in [2.75, 3.05) is 38.0 Å². The number of hydrogen-bond acceptors (Lipinski definition) is 6. The number of likely N-dealkylation sites (N-methyl/N-ethyl adjacent to an activating group) is 1. The number of piperazine rings is 1. The maximum Gasteiger partial charge on any atom is 0.406 e. The first-order chi connectivity index (χ1) is 12.6. The lowest BCUT2D eigenvalue weighted by atomic mass is 10.1. The molecule has 26 heavy (non-hydrogen) atoms. The van der Waals surface area contributed by atoms with Gasteiger partial charge in [-0.1, -0.05) is 31.2 Å². The normalized spacial score (nSPS) is 15.9. The first-order valence-corrected chi connectivity index (χ1v) is 8.99. The number of hydrogen-bond donors (Lipinski definition) is 1. The van der Waals surface area contributed by atoms with E-state index in [4.69, 9.17) is 0 Å². The van der Waals surface area contributed by atoms with Crippen molar-refractivity contribution in [1.82, 2.24) is 19.4 Å². The number of aromatic nitrogens is 2. The second-order valence-electron chi connectivity index (χ2n) is 6.62. The summed E-state index contributed by atoms with van der Waals surface area (Å²) in [6, 6.07) is 8.27. The molecule has 1 saturated heterocycles. The molecule has 1 N–H and O–H groups in total. The third kappa shape index (κ3) is 4.20. The second kappa shape index (κ2) is 8.29. The lowest BCUT2D eigenvalue weighted by Crippen LogP contribution is -2.45. The minimum absolute atomic E-state index is 0.138. The molecular weight excluding hydrogens is 332 g/mol. The Labute approximate surface area is 153 Å². The molecular formula is C18H26N6O2. The van der Waals surface area contributed by atoms with Gasteiger partial charge in [0.05, 0.1) is 0 Å². The molecule has 0 bridgehead atoms. The van der Waals surface area contributed by atoms with Crippen molar-refractivity contribution < 1.29 is 4.92 Å². The summed E-state index contributed by atoms with van der Waals surface area (Å²) in [5.74, 6) is 0.294. The topological polar surface area (TPSA) is 79.5 Å². The van der Waals surface area contributed by atoms with Crippen LogP contribution in [-0.4, -0.2) is 57.0 Å². The molecule has 0 unspecified atom stereocenters. The molecule has 0 spiro atoms. The quantitative estimate of drug-likeness (QED) is 0.603. The number of nitro groups is 1. The second-order valence-corrected chi connectivity index (χ2v) is 6.62. The summed E-state index contributed by atoms with van der Waals surface area (Å²) in [6.07, 6.45) is 1.46. The Bertz CT molecular complexity index is 752. The zero-order valence-electron chi connectivity index (χ0n) is 15.4. The van der Waals surface area contributed by atoms with E-state index in [1.807, 2.05) is 12.1 Å². The third-order valence-corrected chi connectivity index (χ3v) is 4.96. The summed E-state index contributed by atoms with van der Waals surface area (Å²) in [5, 5.41) is 14.3. The van der Waals surface area contributed by atoms with Crippen LogP contribution in [0, 0.1) is 10.1 Å². The molecule has 2 aromatic rings. The van der Waals surface area contributed by atoms with Gasteiger partial charge in [0, 0.05) is 46.3 Å². The van der Waals surface area contributed by atoms with Gasteiger partial charge < -0.3 is 20.3 Å². The molecule has 0 atom stereocenters. The lowest BCUT2D eigenvalue weighted by Gasteiger charge is -2.34. The van der Waals surface area contributed by atoms with Crippen LogP contribution in [0.3, 0.4) is 0 Å². The molecule has 1 aromatic heterocycles. The minimum Gasteiger partial charge on any atom is -0.360 e. The average Bonchev–Trinajstić information content (AvgIpc) is 3.02. The summed E-state index contributed by atoms with van der Waals surface area (Å²) >= 11 is 0. The van der Waals surface area contributed by atoms with E-state index in [-0.39, 0.29) is 5.82 Å². The van der Waals surface area contributed by atoms with E-state index < -0.39 is 4.92 Å². The molecule has 140 valence electrons. The minimum atomic E-state index is -0.457. The van der Waals surface area contributed by atoms with Gasteiger partial charge in [-0.2, -0.15) is 0 Å². The molecule has 1 fully saturated rings. The van der Waals surface area contributed by atoms with Gasteiger partial charge in [0.1, 0.15) is 0 Å². The molecule has 0 saturated carbocycles. The first-order valence-electron chi connectivity index (χ1n) is 8.99. The van der Waals surface area contributed by atoms with Gasteiger partial charge in [-0.05, 0) is 27.6 Å². The summed E-state index contributed by atoms with van der Waals surface area (Å²) in [4.78, 5) is 19.4. The van der Waals surface area contributed by atoms with E-state index in [2.05, 4.69) is 39.2 Å². The Kier molecular flexibility index (Phi) is 5.85. The molecule has 0 radical (unpaired) electrons. The highest BCUT2D eigenvalue weighted by Gasteiger charge is 2.20. The Morgan fingerprint density at radius 2 is 1.81 bits per heavy atom. The Hall–Kier alpha value is -2.45. The van der Waals surface area contributed by atoms with E-state index in [9.17, 15) is 10.1 Å². The van der Waals surface area contributed by atoms with Gasteiger partial charge in [-0.3, -0.25) is 9.47 Å². The fraction of sp³-hybridized carbons (Fsp3) is 0.500. The van der Waals surface area contributed by atoms with Crippen LogP contribution in [-0.2, 0) is 20.1 Å². The van der Waals surface area contributed by atoms with Gasteiger partial charge >= 0.3 is 5.82 Å². The van der Waals surface area contributed by atoms with Crippen molar-refractivity contribution in [3.05, 3.63) is 51.8 Å². The zero-order valence-corrected chi connectivity index (χ0v) is 15.4. The van der Waals surface area contributed by atoms with Gasteiger partial charge in [0.2, 0.25) is 12.1 Å². The van der Waals surface area contributed by atoms with Crippen LogP contribution >= 0.6 is 0 Å². The lowest BCUT2D eigenvalue weighted by molar-refractivity contribution is -0.388.